The number of rotatable bonds is 7. The van der Waals surface area contributed by atoms with E-state index in [9.17, 15) is 13.5 Å². The molecule has 8 heteroatoms. The Balaban J connectivity index is 1.27. The van der Waals surface area contributed by atoms with Crippen LogP contribution in [0.15, 0.2) is 102 Å². The van der Waals surface area contributed by atoms with Crippen LogP contribution in [0.3, 0.4) is 0 Å². The van der Waals surface area contributed by atoms with Crippen LogP contribution < -0.4 is 9.64 Å². The molecular weight excluding hydrogens is 510 g/mol. The first-order chi connectivity index (χ1) is 19.0. The minimum atomic E-state index is -3.91. The number of piperazine rings is 1. The first-order valence-corrected chi connectivity index (χ1v) is 14.5. The molecule has 2 heterocycles. The molecule has 39 heavy (non-hydrogen) atoms. The highest BCUT2D eigenvalue weighted by Crippen LogP contribution is 2.33. The molecule has 7 nitrogen and oxygen atoms in total. The largest absolute Gasteiger partial charge is 0.495 e. The molecule has 1 unspecified atom stereocenters. The maximum atomic E-state index is 14.0. The van der Waals surface area contributed by atoms with Gasteiger partial charge in [0.05, 0.1) is 29.3 Å². The molecule has 0 amide bonds. The number of aromatic nitrogens is 1. The van der Waals surface area contributed by atoms with E-state index in [0.29, 0.717) is 23.0 Å². The second kappa shape index (κ2) is 10.4. The number of ether oxygens (including phenoxy) is 1. The highest BCUT2D eigenvalue weighted by Gasteiger charge is 2.27. The molecule has 1 N–H and O–H groups in total. The number of aliphatic hydroxyl groups is 1. The molecule has 200 valence electrons. The molecule has 1 aliphatic rings. The molecule has 0 bridgehead atoms. The zero-order valence-corrected chi connectivity index (χ0v) is 22.6. The highest BCUT2D eigenvalue weighted by molar-refractivity contribution is 7.90. The minimum absolute atomic E-state index is 0.245. The van der Waals surface area contributed by atoms with Gasteiger partial charge in [0.2, 0.25) is 0 Å². The van der Waals surface area contributed by atoms with Gasteiger partial charge in [0.1, 0.15) is 5.75 Å². The lowest BCUT2D eigenvalue weighted by Crippen LogP contribution is -2.47. The summed E-state index contributed by atoms with van der Waals surface area (Å²) in [4.78, 5) is 4.77. The lowest BCUT2D eigenvalue weighted by Gasteiger charge is -2.37. The third kappa shape index (κ3) is 4.65. The van der Waals surface area contributed by atoms with Crippen molar-refractivity contribution >= 4 is 37.4 Å². The molecule has 1 aliphatic heterocycles. The number of benzene rings is 4. The van der Waals surface area contributed by atoms with Crippen molar-refractivity contribution in [2.24, 2.45) is 0 Å². The number of aliphatic hydroxyl groups excluding tert-OH is 1. The quantitative estimate of drug-likeness (QED) is 0.316. The minimum Gasteiger partial charge on any atom is -0.495 e. The summed E-state index contributed by atoms with van der Waals surface area (Å²) in [6.07, 6.45) is 0.758. The number of para-hydroxylation sites is 3. The molecule has 0 aliphatic carbocycles. The van der Waals surface area contributed by atoms with Crippen molar-refractivity contribution in [1.29, 1.82) is 0 Å². The third-order valence-corrected chi connectivity index (χ3v) is 9.32. The fraction of sp³-hybridized carbons (Fsp3) is 0.226. The van der Waals surface area contributed by atoms with Gasteiger partial charge in [-0.15, -0.1) is 0 Å². The zero-order valence-electron chi connectivity index (χ0n) is 21.8. The number of fused-ring (bicyclic) bond motifs is 2. The summed E-state index contributed by atoms with van der Waals surface area (Å²) in [5, 5.41) is 13.6. The van der Waals surface area contributed by atoms with Crippen LogP contribution in [-0.4, -0.2) is 62.2 Å². The number of β-amino-alcohol motifs (C(OH)–C–C–N with tert-alkyl or cyclic N) is 1. The number of anilines is 1. The average Bonchev–Trinajstić information content (AvgIpc) is 3.38. The Kier molecular flexibility index (Phi) is 6.76. The Morgan fingerprint density at radius 1 is 0.821 bits per heavy atom. The first kappa shape index (κ1) is 25.4. The highest BCUT2D eigenvalue weighted by atomic mass is 32.2. The van der Waals surface area contributed by atoms with Crippen molar-refractivity contribution in [2.45, 2.75) is 11.0 Å². The van der Waals surface area contributed by atoms with Gasteiger partial charge in [-0.05, 0) is 29.7 Å². The summed E-state index contributed by atoms with van der Waals surface area (Å²) < 4.78 is 34.8. The second-order valence-electron chi connectivity index (χ2n) is 9.86. The van der Waals surface area contributed by atoms with E-state index in [4.69, 9.17) is 4.74 Å². The Morgan fingerprint density at radius 3 is 2.28 bits per heavy atom. The monoisotopic (exact) mass is 541 g/mol. The van der Waals surface area contributed by atoms with Gasteiger partial charge < -0.3 is 14.7 Å². The number of nitrogens with zero attached hydrogens (tertiary/aromatic N) is 3. The molecule has 1 atom stereocenters. The van der Waals surface area contributed by atoms with Crippen molar-refractivity contribution in [3.63, 3.8) is 0 Å². The Morgan fingerprint density at radius 2 is 1.49 bits per heavy atom. The van der Waals surface area contributed by atoms with Crippen LogP contribution >= 0.6 is 0 Å². The van der Waals surface area contributed by atoms with Crippen LogP contribution in [0, 0.1) is 0 Å². The SMILES string of the molecule is COc1ccccc1N1CCN(CC(O)c2cn(S(=O)(=O)c3cccc4ccccc34)c3ccccc23)CC1. The molecule has 1 saturated heterocycles. The van der Waals surface area contributed by atoms with Gasteiger partial charge >= 0.3 is 0 Å². The van der Waals surface area contributed by atoms with E-state index in [1.54, 1.807) is 31.5 Å². The Bertz CT molecular complexity index is 1730. The van der Waals surface area contributed by atoms with Gasteiger partial charge in [-0.1, -0.05) is 66.7 Å². The van der Waals surface area contributed by atoms with Crippen molar-refractivity contribution in [3.8, 4) is 5.75 Å². The predicted molar refractivity (Wildman–Crippen MR) is 155 cm³/mol. The number of hydrogen-bond acceptors (Lipinski definition) is 6. The van der Waals surface area contributed by atoms with Gasteiger partial charge in [0, 0.05) is 55.3 Å². The molecule has 0 radical (unpaired) electrons. The van der Waals surface area contributed by atoms with Gasteiger partial charge in [0.15, 0.2) is 0 Å². The summed E-state index contributed by atoms with van der Waals surface area (Å²) in [6, 6.07) is 28.2. The third-order valence-electron chi connectivity index (χ3n) is 7.58. The topological polar surface area (TPSA) is 75.0 Å². The first-order valence-electron chi connectivity index (χ1n) is 13.1. The smallest absolute Gasteiger partial charge is 0.268 e. The zero-order chi connectivity index (χ0) is 27.0. The van der Waals surface area contributed by atoms with Crippen molar-refractivity contribution in [3.05, 3.63) is 103 Å². The lowest BCUT2D eigenvalue weighted by atomic mass is 10.1. The molecule has 0 spiro atoms. The van der Waals surface area contributed by atoms with E-state index < -0.39 is 16.1 Å². The van der Waals surface area contributed by atoms with E-state index in [2.05, 4.69) is 15.9 Å². The number of hydrogen-bond donors (Lipinski definition) is 1. The normalized spacial score (nSPS) is 15.6. The molecule has 5 aromatic rings. The molecule has 4 aromatic carbocycles. The fourth-order valence-electron chi connectivity index (χ4n) is 5.57. The van der Waals surface area contributed by atoms with E-state index in [0.717, 1.165) is 48.4 Å². The standard InChI is InChI=1S/C31H31N3O4S/c1-38-30-15-7-6-14-28(30)33-19-17-32(18-20-33)22-29(35)26-21-34(27-13-5-4-12-25(26)27)39(36,37)31-16-8-10-23-9-2-3-11-24(23)31/h2-16,21,29,35H,17-20,22H2,1H3. The van der Waals surface area contributed by atoms with Gasteiger partial charge in [0.25, 0.3) is 10.0 Å². The van der Waals surface area contributed by atoms with Crippen LogP contribution in [0.5, 0.6) is 5.75 Å². The molecule has 1 aromatic heterocycles. The van der Waals surface area contributed by atoms with Crippen LogP contribution in [0.25, 0.3) is 21.7 Å². The van der Waals surface area contributed by atoms with Crippen molar-refractivity contribution in [2.75, 3.05) is 44.7 Å². The molecule has 0 saturated carbocycles. The van der Waals surface area contributed by atoms with Gasteiger partial charge in [-0.25, -0.2) is 12.4 Å². The average molecular weight is 542 g/mol. The van der Waals surface area contributed by atoms with Gasteiger partial charge in [-0.2, -0.15) is 0 Å². The second-order valence-corrected chi connectivity index (χ2v) is 11.6. The molecule has 6 rings (SSSR count). The summed E-state index contributed by atoms with van der Waals surface area (Å²) >= 11 is 0. The van der Waals surface area contributed by atoms with Crippen LogP contribution in [-0.2, 0) is 10.0 Å². The van der Waals surface area contributed by atoms with Crippen LogP contribution in [0.2, 0.25) is 0 Å². The van der Waals surface area contributed by atoms with Crippen LogP contribution in [0.4, 0.5) is 5.69 Å². The van der Waals surface area contributed by atoms with E-state index in [1.165, 1.54) is 3.97 Å². The predicted octanol–water partition coefficient (Wildman–Crippen LogP) is 4.90. The maximum Gasteiger partial charge on any atom is 0.268 e. The Hall–Kier alpha value is -3.85. The van der Waals surface area contributed by atoms with Gasteiger partial charge in [-0.3, -0.25) is 4.90 Å². The summed E-state index contributed by atoms with van der Waals surface area (Å²) in [5.74, 6) is 0.853. The summed E-state index contributed by atoms with van der Waals surface area (Å²) in [6.45, 7) is 3.60. The molecular formula is C31H31N3O4S. The summed E-state index contributed by atoms with van der Waals surface area (Å²) in [7, 11) is -2.23. The van der Waals surface area contributed by atoms with Crippen molar-refractivity contribution < 1.29 is 18.3 Å². The van der Waals surface area contributed by atoms with E-state index in [1.807, 2.05) is 66.7 Å². The molecule has 1 fully saturated rings. The van der Waals surface area contributed by atoms with E-state index >= 15 is 0 Å². The van der Waals surface area contributed by atoms with Crippen LogP contribution in [0.1, 0.15) is 11.7 Å². The fourth-order valence-corrected chi connectivity index (χ4v) is 7.17. The summed E-state index contributed by atoms with van der Waals surface area (Å²) in [5.41, 5.74) is 2.24. The number of methoxy groups -OCH3 is 1. The Labute approximate surface area is 228 Å². The maximum absolute atomic E-state index is 14.0. The lowest BCUT2D eigenvalue weighted by molar-refractivity contribution is 0.110. The van der Waals surface area contributed by atoms with E-state index in [-0.39, 0.29) is 4.90 Å². The van der Waals surface area contributed by atoms with Crippen molar-refractivity contribution in [1.82, 2.24) is 8.87 Å².